The van der Waals surface area contributed by atoms with Crippen LogP contribution in [0.25, 0.3) is 0 Å². The van der Waals surface area contributed by atoms with E-state index in [2.05, 4.69) is 45.5 Å². The van der Waals surface area contributed by atoms with Crippen molar-refractivity contribution in [2.45, 2.75) is 25.7 Å². The van der Waals surface area contributed by atoms with Crippen molar-refractivity contribution in [1.82, 2.24) is 0 Å². The summed E-state index contributed by atoms with van der Waals surface area (Å²) in [6.45, 7) is 9.99. The van der Waals surface area contributed by atoms with Gasteiger partial charge in [0, 0.05) is 11.5 Å². The van der Waals surface area contributed by atoms with Gasteiger partial charge in [0.2, 0.25) is 0 Å². The Morgan fingerprint density at radius 1 is 1.23 bits per heavy atom. The molecule has 0 aliphatic heterocycles. The SMILES string of the molecule is C#N.CCSc1ccc(C)c(C)c1. The first-order chi connectivity index (χ1) is 6.24. The van der Waals surface area contributed by atoms with Crippen molar-refractivity contribution in [2.24, 2.45) is 0 Å². The molecule has 0 unspecified atom stereocenters. The Labute approximate surface area is 84.8 Å². The molecule has 0 saturated carbocycles. The molecule has 0 spiro atoms. The lowest BCUT2D eigenvalue weighted by atomic mass is 10.1. The maximum Gasteiger partial charge on any atom is 0.0462 e. The summed E-state index contributed by atoms with van der Waals surface area (Å²) < 4.78 is 0. The molecular formula is C11H15NS. The minimum Gasteiger partial charge on any atom is -0.202 e. The second-order valence-corrected chi connectivity index (χ2v) is 4.02. The van der Waals surface area contributed by atoms with Gasteiger partial charge < -0.3 is 0 Å². The van der Waals surface area contributed by atoms with Gasteiger partial charge in [-0.05, 0) is 42.9 Å². The number of nitrogens with zero attached hydrogens (tertiary/aromatic N) is 1. The van der Waals surface area contributed by atoms with E-state index < -0.39 is 0 Å². The molecule has 0 fully saturated rings. The quantitative estimate of drug-likeness (QED) is 0.671. The summed E-state index contributed by atoms with van der Waals surface area (Å²) >= 11 is 1.90. The maximum atomic E-state index is 6.50. The van der Waals surface area contributed by atoms with Crippen LogP contribution in [0.15, 0.2) is 23.1 Å². The molecular weight excluding hydrogens is 178 g/mol. The van der Waals surface area contributed by atoms with Gasteiger partial charge in [-0.1, -0.05) is 13.0 Å². The van der Waals surface area contributed by atoms with Gasteiger partial charge in [0.25, 0.3) is 0 Å². The van der Waals surface area contributed by atoms with Crippen molar-refractivity contribution in [2.75, 3.05) is 5.75 Å². The molecule has 0 atom stereocenters. The van der Waals surface area contributed by atoms with Crippen LogP contribution in [0.1, 0.15) is 18.1 Å². The third-order valence-electron chi connectivity index (χ3n) is 1.79. The smallest absolute Gasteiger partial charge is 0.0462 e. The van der Waals surface area contributed by atoms with E-state index in [9.17, 15) is 0 Å². The largest absolute Gasteiger partial charge is 0.202 e. The van der Waals surface area contributed by atoms with Crippen molar-refractivity contribution in [3.8, 4) is 6.57 Å². The van der Waals surface area contributed by atoms with Crippen molar-refractivity contribution in [1.29, 1.82) is 5.26 Å². The Morgan fingerprint density at radius 2 is 1.85 bits per heavy atom. The molecule has 2 heteroatoms. The van der Waals surface area contributed by atoms with E-state index in [4.69, 9.17) is 5.26 Å². The van der Waals surface area contributed by atoms with E-state index in [1.165, 1.54) is 16.0 Å². The zero-order valence-electron chi connectivity index (χ0n) is 8.37. The standard InChI is InChI=1S/C10H14S.CHN/c1-4-11-10-6-5-8(2)9(3)7-10;1-2/h5-7H,4H2,1-3H3;1H. The van der Waals surface area contributed by atoms with Crippen molar-refractivity contribution >= 4 is 11.8 Å². The first-order valence-corrected chi connectivity index (χ1v) is 5.18. The average Bonchev–Trinajstić information content (AvgIpc) is 2.15. The fraction of sp³-hybridized carbons (Fsp3) is 0.364. The molecule has 0 heterocycles. The van der Waals surface area contributed by atoms with Gasteiger partial charge in [-0.15, -0.1) is 11.8 Å². The molecule has 70 valence electrons. The molecule has 0 N–H and O–H groups in total. The van der Waals surface area contributed by atoms with Crippen LogP contribution in [0.3, 0.4) is 0 Å². The van der Waals surface area contributed by atoms with Crippen LogP contribution >= 0.6 is 11.8 Å². The zero-order valence-corrected chi connectivity index (χ0v) is 9.19. The van der Waals surface area contributed by atoms with Gasteiger partial charge in [-0.3, -0.25) is 0 Å². The molecule has 1 nitrogen and oxygen atoms in total. The number of nitriles is 1. The van der Waals surface area contributed by atoms with Crippen LogP contribution in [-0.2, 0) is 0 Å². The summed E-state index contributed by atoms with van der Waals surface area (Å²) in [5.74, 6) is 1.16. The summed E-state index contributed by atoms with van der Waals surface area (Å²) in [5.41, 5.74) is 2.77. The molecule has 0 radical (unpaired) electrons. The molecule has 0 saturated heterocycles. The van der Waals surface area contributed by atoms with Crippen LogP contribution in [0.2, 0.25) is 0 Å². The molecule has 1 aromatic rings. The second kappa shape index (κ2) is 6.56. The zero-order chi connectivity index (χ0) is 10.3. The number of rotatable bonds is 2. The number of aryl methyl sites for hydroxylation is 2. The number of thioether (sulfide) groups is 1. The Balaban J connectivity index is 0.000000671. The van der Waals surface area contributed by atoms with Crippen LogP contribution in [0.4, 0.5) is 0 Å². The van der Waals surface area contributed by atoms with Gasteiger partial charge in [0.1, 0.15) is 0 Å². The van der Waals surface area contributed by atoms with E-state index in [-0.39, 0.29) is 0 Å². The summed E-state index contributed by atoms with van der Waals surface area (Å²) in [5, 5.41) is 6.50. The predicted molar refractivity (Wildman–Crippen MR) is 59.0 cm³/mol. The summed E-state index contributed by atoms with van der Waals surface area (Å²) in [4.78, 5) is 1.38. The van der Waals surface area contributed by atoms with E-state index in [1.54, 1.807) is 0 Å². The highest BCUT2D eigenvalue weighted by atomic mass is 32.2. The van der Waals surface area contributed by atoms with Crippen molar-refractivity contribution < 1.29 is 0 Å². The van der Waals surface area contributed by atoms with E-state index in [0.717, 1.165) is 5.75 Å². The highest BCUT2D eigenvalue weighted by molar-refractivity contribution is 7.99. The predicted octanol–water partition coefficient (Wildman–Crippen LogP) is 3.56. The minimum absolute atomic E-state index is 1.16. The molecule has 0 amide bonds. The first-order valence-electron chi connectivity index (χ1n) is 4.20. The van der Waals surface area contributed by atoms with E-state index >= 15 is 0 Å². The lowest BCUT2D eigenvalue weighted by molar-refractivity contribution is 1.28. The monoisotopic (exact) mass is 193 g/mol. The van der Waals surface area contributed by atoms with E-state index in [0.29, 0.717) is 0 Å². The topological polar surface area (TPSA) is 23.8 Å². The van der Waals surface area contributed by atoms with Crippen molar-refractivity contribution in [3.05, 3.63) is 29.3 Å². The normalized spacial score (nSPS) is 8.69. The minimum atomic E-state index is 1.16. The van der Waals surface area contributed by atoms with Gasteiger partial charge in [-0.25, -0.2) is 5.26 Å². The molecule has 0 bridgehead atoms. The Hall–Kier alpha value is -0.940. The third-order valence-corrected chi connectivity index (χ3v) is 2.67. The Bertz CT molecular complexity index is 279. The van der Waals surface area contributed by atoms with Crippen LogP contribution < -0.4 is 0 Å². The fourth-order valence-corrected chi connectivity index (χ4v) is 1.73. The Kier molecular flexibility index (Phi) is 6.09. The molecule has 1 rings (SSSR count). The fourth-order valence-electron chi connectivity index (χ4n) is 0.970. The van der Waals surface area contributed by atoms with Crippen LogP contribution in [0, 0.1) is 25.7 Å². The lowest BCUT2D eigenvalue weighted by Crippen LogP contribution is -1.80. The Morgan fingerprint density at radius 3 is 2.31 bits per heavy atom. The highest BCUT2D eigenvalue weighted by Crippen LogP contribution is 2.20. The summed E-state index contributed by atoms with van der Waals surface area (Å²) in [7, 11) is 0. The van der Waals surface area contributed by atoms with E-state index in [1.807, 2.05) is 11.8 Å². The number of hydrogen-bond acceptors (Lipinski definition) is 2. The molecule has 0 aromatic heterocycles. The average molecular weight is 193 g/mol. The number of benzene rings is 1. The summed E-state index contributed by atoms with van der Waals surface area (Å²) in [6, 6.07) is 6.63. The lowest BCUT2D eigenvalue weighted by Gasteiger charge is -2.02. The number of hydrogen-bond donors (Lipinski definition) is 0. The van der Waals surface area contributed by atoms with Gasteiger partial charge >= 0.3 is 0 Å². The molecule has 13 heavy (non-hydrogen) atoms. The highest BCUT2D eigenvalue weighted by Gasteiger charge is 1.94. The maximum absolute atomic E-state index is 6.50. The van der Waals surface area contributed by atoms with Crippen LogP contribution in [-0.4, -0.2) is 5.75 Å². The molecule has 0 aliphatic carbocycles. The van der Waals surface area contributed by atoms with Gasteiger partial charge in [-0.2, -0.15) is 0 Å². The molecule has 0 aliphatic rings. The van der Waals surface area contributed by atoms with Crippen molar-refractivity contribution in [3.63, 3.8) is 0 Å². The van der Waals surface area contributed by atoms with Crippen LogP contribution in [0.5, 0.6) is 0 Å². The second-order valence-electron chi connectivity index (χ2n) is 2.68. The summed E-state index contributed by atoms with van der Waals surface area (Å²) in [6.07, 6.45) is 0. The van der Waals surface area contributed by atoms with Gasteiger partial charge in [0.15, 0.2) is 0 Å². The molecule has 1 aromatic carbocycles. The third kappa shape index (κ3) is 4.00. The van der Waals surface area contributed by atoms with Gasteiger partial charge in [0.05, 0.1) is 0 Å². The first kappa shape index (κ1) is 12.1.